The molecule has 4 aromatic rings. The second-order valence-electron chi connectivity index (χ2n) is 6.22. The van der Waals surface area contributed by atoms with Gasteiger partial charge in [-0.2, -0.15) is 0 Å². The average molecular weight is 381 g/mol. The standard InChI is InChI=1S/C18H16N6S2/c19-16-12-4-1-2-5-13(12)20-15(21-16)10-26-18-23-22-17(14-6-3-9-25-14)24(18)11-7-8-11/h1-6,9,11H,7-8,10H2,(H2,19,20,21). The maximum atomic E-state index is 6.09. The number of benzene rings is 1. The molecule has 6 nitrogen and oxygen atoms in total. The van der Waals surface area contributed by atoms with Gasteiger partial charge in [-0.1, -0.05) is 30.0 Å². The van der Waals surface area contributed by atoms with Crippen molar-refractivity contribution in [1.82, 2.24) is 24.7 Å². The van der Waals surface area contributed by atoms with E-state index in [0.29, 0.717) is 23.4 Å². The fraction of sp³-hybridized carbons (Fsp3) is 0.222. The Kier molecular flexibility index (Phi) is 3.86. The first-order valence-corrected chi connectivity index (χ1v) is 10.3. The van der Waals surface area contributed by atoms with Gasteiger partial charge in [-0.3, -0.25) is 4.57 Å². The van der Waals surface area contributed by atoms with E-state index < -0.39 is 0 Å². The Hall–Kier alpha value is -2.45. The predicted octanol–water partition coefficient (Wildman–Crippen LogP) is 4.16. The lowest BCUT2D eigenvalue weighted by Crippen LogP contribution is -2.02. The van der Waals surface area contributed by atoms with E-state index in [1.54, 1.807) is 23.1 Å². The van der Waals surface area contributed by atoms with Crippen LogP contribution in [0.3, 0.4) is 0 Å². The van der Waals surface area contributed by atoms with Gasteiger partial charge in [0.05, 0.1) is 16.1 Å². The number of thiophene rings is 1. The smallest absolute Gasteiger partial charge is 0.192 e. The molecule has 0 atom stereocenters. The van der Waals surface area contributed by atoms with Crippen molar-refractivity contribution in [2.45, 2.75) is 29.8 Å². The Balaban J connectivity index is 1.44. The Bertz CT molecular complexity index is 1070. The molecule has 130 valence electrons. The van der Waals surface area contributed by atoms with E-state index >= 15 is 0 Å². The van der Waals surface area contributed by atoms with E-state index in [0.717, 1.165) is 26.8 Å². The Labute approximate surface area is 158 Å². The SMILES string of the molecule is Nc1nc(CSc2nnc(-c3cccs3)n2C2CC2)nc2ccccc12. The van der Waals surface area contributed by atoms with Crippen LogP contribution in [0.4, 0.5) is 5.82 Å². The van der Waals surface area contributed by atoms with E-state index in [2.05, 4.69) is 36.2 Å². The molecule has 0 unspecified atom stereocenters. The van der Waals surface area contributed by atoms with E-state index in [4.69, 9.17) is 5.73 Å². The number of hydrogen-bond donors (Lipinski definition) is 1. The van der Waals surface area contributed by atoms with Crippen molar-refractivity contribution in [3.05, 3.63) is 47.6 Å². The molecule has 1 saturated carbocycles. The van der Waals surface area contributed by atoms with E-state index in [-0.39, 0.29) is 0 Å². The number of nitrogen functional groups attached to an aromatic ring is 1. The summed E-state index contributed by atoms with van der Waals surface area (Å²) in [7, 11) is 0. The summed E-state index contributed by atoms with van der Waals surface area (Å²) >= 11 is 3.31. The lowest BCUT2D eigenvalue weighted by molar-refractivity contribution is 0.669. The molecule has 2 N–H and O–H groups in total. The molecule has 0 spiro atoms. The number of nitrogens with zero attached hydrogens (tertiary/aromatic N) is 5. The number of para-hydroxylation sites is 1. The van der Waals surface area contributed by atoms with Crippen LogP contribution in [-0.2, 0) is 5.75 Å². The van der Waals surface area contributed by atoms with Gasteiger partial charge in [0, 0.05) is 11.4 Å². The zero-order chi connectivity index (χ0) is 17.5. The van der Waals surface area contributed by atoms with Gasteiger partial charge in [0.1, 0.15) is 11.6 Å². The van der Waals surface area contributed by atoms with Gasteiger partial charge in [-0.25, -0.2) is 9.97 Å². The van der Waals surface area contributed by atoms with Crippen LogP contribution in [0.15, 0.2) is 46.9 Å². The molecular formula is C18H16N6S2. The van der Waals surface area contributed by atoms with Gasteiger partial charge in [-0.05, 0) is 36.4 Å². The second kappa shape index (κ2) is 6.37. The van der Waals surface area contributed by atoms with Crippen molar-refractivity contribution in [3.8, 4) is 10.7 Å². The first kappa shape index (κ1) is 15.8. The van der Waals surface area contributed by atoms with Crippen molar-refractivity contribution in [3.63, 3.8) is 0 Å². The molecule has 0 radical (unpaired) electrons. The number of hydrogen-bond acceptors (Lipinski definition) is 7. The van der Waals surface area contributed by atoms with Crippen molar-refractivity contribution < 1.29 is 0 Å². The molecule has 0 saturated heterocycles. The number of aromatic nitrogens is 5. The summed E-state index contributed by atoms with van der Waals surface area (Å²) in [6.45, 7) is 0. The fourth-order valence-corrected chi connectivity index (χ4v) is 4.52. The topological polar surface area (TPSA) is 82.5 Å². The van der Waals surface area contributed by atoms with E-state index in [1.165, 1.54) is 12.8 Å². The molecule has 1 aromatic carbocycles. The highest BCUT2D eigenvalue weighted by Gasteiger charge is 2.30. The summed E-state index contributed by atoms with van der Waals surface area (Å²) in [5, 5.41) is 12.7. The summed E-state index contributed by atoms with van der Waals surface area (Å²) in [5.74, 6) is 2.82. The molecule has 1 aliphatic carbocycles. The Morgan fingerprint density at radius 2 is 2.00 bits per heavy atom. The first-order chi connectivity index (χ1) is 12.8. The van der Waals surface area contributed by atoms with Crippen LogP contribution in [-0.4, -0.2) is 24.7 Å². The van der Waals surface area contributed by atoms with Gasteiger partial charge < -0.3 is 5.73 Å². The van der Waals surface area contributed by atoms with Gasteiger partial charge in [0.15, 0.2) is 11.0 Å². The molecule has 8 heteroatoms. The Morgan fingerprint density at radius 3 is 2.81 bits per heavy atom. The maximum Gasteiger partial charge on any atom is 0.192 e. The molecule has 5 rings (SSSR count). The zero-order valence-corrected chi connectivity index (χ0v) is 15.5. The second-order valence-corrected chi connectivity index (χ2v) is 8.11. The fourth-order valence-electron chi connectivity index (χ4n) is 2.96. The number of rotatable bonds is 5. The third kappa shape index (κ3) is 2.85. The molecule has 3 aromatic heterocycles. The lowest BCUT2D eigenvalue weighted by Gasteiger charge is -2.08. The van der Waals surface area contributed by atoms with Gasteiger partial charge >= 0.3 is 0 Å². The summed E-state index contributed by atoms with van der Waals surface area (Å²) < 4.78 is 2.26. The predicted molar refractivity (Wildman–Crippen MR) is 105 cm³/mol. The molecule has 1 fully saturated rings. The number of fused-ring (bicyclic) bond motifs is 1. The van der Waals surface area contributed by atoms with Crippen LogP contribution in [0.1, 0.15) is 24.7 Å². The van der Waals surface area contributed by atoms with E-state index in [1.807, 2.05) is 30.3 Å². The number of thioether (sulfide) groups is 1. The lowest BCUT2D eigenvalue weighted by atomic mass is 10.2. The van der Waals surface area contributed by atoms with Crippen LogP contribution in [0.2, 0.25) is 0 Å². The van der Waals surface area contributed by atoms with Crippen LogP contribution in [0.25, 0.3) is 21.6 Å². The van der Waals surface area contributed by atoms with E-state index in [9.17, 15) is 0 Å². The number of nitrogens with two attached hydrogens (primary N) is 1. The van der Waals surface area contributed by atoms with Crippen molar-refractivity contribution in [2.75, 3.05) is 5.73 Å². The third-order valence-electron chi connectivity index (χ3n) is 4.33. The quantitative estimate of drug-likeness (QED) is 0.524. The van der Waals surface area contributed by atoms with Crippen LogP contribution < -0.4 is 5.73 Å². The maximum absolute atomic E-state index is 6.09. The molecule has 3 heterocycles. The summed E-state index contributed by atoms with van der Waals surface area (Å²) in [6, 6.07) is 12.5. The minimum atomic E-state index is 0.507. The highest BCUT2D eigenvalue weighted by atomic mass is 32.2. The largest absolute Gasteiger partial charge is 0.383 e. The molecule has 26 heavy (non-hydrogen) atoms. The van der Waals surface area contributed by atoms with Crippen molar-refractivity contribution >= 4 is 39.8 Å². The highest BCUT2D eigenvalue weighted by Crippen LogP contribution is 2.42. The molecule has 0 amide bonds. The van der Waals surface area contributed by atoms with Crippen molar-refractivity contribution in [1.29, 1.82) is 0 Å². The Morgan fingerprint density at radius 1 is 1.12 bits per heavy atom. The third-order valence-corrected chi connectivity index (χ3v) is 6.13. The molecule has 0 bridgehead atoms. The summed E-state index contributed by atoms with van der Waals surface area (Å²) in [4.78, 5) is 10.2. The average Bonchev–Trinajstić information content (AvgIpc) is 3.18. The summed E-state index contributed by atoms with van der Waals surface area (Å²) in [6.07, 6.45) is 2.37. The molecular weight excluding hydrogens is 364 g/mol. The molecule has 1 aliphatic rings. The van der Waals surface area contributed by atoms with Crippen LogP contribution in [0.5, 0.6) is 0 Å². The van der Waals surface area contributed by atoms with Gasteiger partial charge in [0.25, 0.3) is 0 Å². The first-order valence-electron chi connectivity index (χ1n) is 8.42. The molecule has 0 aliphatic heterocycles. The number of anilines is 1. The monoisotopic (exact) mass is 380 g/mol. The van der Waals surface area contributed by atoms with Crippen LogP contribution in [0, 0.1) is 0 Å². The minimum absolute atomic E-state index is 0.507. The normalized spacial score (nSPS) is 14.2. The zero-order valence-electron chi connectivity index (χ0n) is 13.9. The van der Waals surface area contributed by atoms with Crippen molar-refractivity contribution in [2.24, 2.45) is 0 Å². The van der Waals surface area contributed by atoms with Gasteiger partial charge in [0.2, 0.25) is 0 Å². The summed E-state index contributed by atoms with van der Waals surface area (Å²) in [5.41, 5.74) is 6.96. The van der Waals surface area contributed by atoms with Gasteiger partial charge in [-0.15, -0.1) is 21.5 Å². The van der Waals surface area contributed by atoms with Crippen LogP contribution >= 0.6 is 23.1 Å². The minimum Gasteiger partial charge on any atom is -0.383 e. The highest BCUT2D eigenvalue weighted by molar-refractivity contribution is 7.98.